The molecule has 3 rings (SSSR count). The van der Waals surface area contributed by atoms with E-state index in [0.717, 1.165) is 12.8 Å². The van der Waals surface area contributed by atoms with Crippen molar-refractivity contribution in [2.24, 2.45) is 0 Å². The normalized spacial score (nSPS) is 11.3. The minimum Gasteiger partial charge on any atom is -1.00 e. The third-order valence-corrected chi connectivity index (χ3v) is 3.62. The summed E-state index contributed by atoms with van der Waals surface area (Å²) in [6.45, 7) is 5.95. The molecule has 0 saturated carbocycles. The maximum absolute atomic E-state index is 3.73. The number of allylic oxidation sites excluding steroid dienone is 5. The van der Waals surface area contributed by atoms with Crippen molar-refractivity contribution in [1.29, 1.82) is 0 Å². The molecule has 3 heteroatoms. The molecule has 126 valence electrons. The monoisotopic (exact) mass is 436 g/mol. The van der Waals surface area contributed by atoms with Crippen LogP contribution in [-0.4, -0.2) is 0 Å². The molecule has 0 aromatic heterocycles. The van der Waals surface area contributed by atoms with Gasteiger partial charge in [0.2, 0.25) is 0 Å². The van der Waals surface area contributed by atoms with Gasteiger partial charge in [-0.25, -0.2) is 11.6 Å². The molecule has 0 aliphatic heterocycles. The summed E-state index contributed by atoms with van der Waals surface area (Å²) in [7, 11) is 0. The Kier molecular flexibility index (Phi) is 15.9. The van der Waals surface area contributed by atoms with Gasteiger partial charge in [0.05, 0.1) is 0 Å². The summed E-state index contributed by atoms with van der Waals surface area (Å²) in [6, 6.07) is 12.9. The van der Waals surface area contributed by atoms with Crippen molar-refractivity contribution in [3.63, 3.8) is 0 Å². The molecule has 0 unspecified atom stereocenters. The first-order chi connectivity index (χ1) is 10.3. The zero-order valence-corrected chi connectivity index (χ0v) is 18.2. The molecule has 0 heterocycles. The van der Waals surface area contributed by atoms with Crippen molar-refractivity contribution >= 4 is 10.8 Å². The minimum absolute atomic E-state index is 0. The van der Waals surface area contributed by atoms with Crippen LogP contribution in [0.5, 0.6) is 0 Å². The van der Waals surface area contributed by atoms with Gasteiger partial charge in [0.1, 0.15) is 0 Å². The Labute approximate surface area is 178 Å². The number of halogens is 2. The van der Waals surface area contributed by atoms with E-state index in [-0.39, 0.29) is 51.0 Å². The first-order valence-electron chi connectivity index (χ1n) is 7.85. The number of hydrogen-bond acceptors (Lipinski definition) is 0. The fourth-order valence-electron chi connectivity index (χ4n) is 2.49. The van der Waals surface area contributed by atoms with E-state index >= 15 is 0 Å². The fourth-order valence-corrected chi connectivity index (χ4v) is 2.49. The molecule has 2 aromatic carbocycles. The number of rotatable bonds is 5. The zero-order valence-electron chi connectivity index (χ0n) is 14.2. The minimum atomic E-state index is 0. The molecule has 0 saturated heterocycles. The summed E-state index contributed by atoms with van der Waals surface area (Å²) in [4.78, 5) is 0. The molecule has 2 aromatic rings. The van der Waals surface area contributed by atoms with Gasteiger partial charge in [-0.1, -0.05) is 38.3 Å². The predicted octanol–water partition coefficient (Wildman–Crippen LogP) is 0.159. The number of benzene rings is 1. The van der Waals surface area contributed by atoms with Crippen LogP contribution in [0.1, 0.15) is 38.2 Å². The SMILES string of the molecule is C=CCc1cc2ccccc2[cH-]1.CCCCC1=[C-]CC=C1.[Cl-].[Cl-].[Zr+4]. The van der Waals surface area contributed by atoms with Gasteiger partial charge >= 0.3 is 26.2 Å². The van der Waals surface area contributed by atoms with Crippen LogP contribution in [0.3, 0.4) is 0 Å². The van der Waals surface area contributed by atoms with Crippen LogP contribution < -0.4 is 24.8 Å². The van der Waals surface area contributed by atoms with E-state index in [1.807, 2.05) is 6.08 Å². The maximum atomic E-state index is 3.73. The molecule has 0 N–H and O–H groups in total. The van der Waals surface area contributed by atoms with Crippen LogP contribution in [0, 0.1) is 6.08 Å². The molecular weight excluding hydrogens is 414 g/mol. The van der Waals surface area contributed by atoms with E-state index < -0.39 is 0 Å². The molecule has 0 bridgehead atoms. The van der Waals surface area contributed by atoms with E-state index in [1.165, 1.54) is 41.2 Å². The van der Waals surface area contributed by atoms with Crippen LogP contribution in [-0.2, 0) is 32.6 Å². The Morgan fingerprint density at radius 1 is 1.25 bits per heavy atom. The number of fused-ring (bicyclic) bond motifs is 1. The van der Waals surface area contributed by atoms with E-state index in [4.69, 9.17) is 0 Å². The van der Waals surface area contributed by atoms with Crippen LogP contribution in [0.25, 0.3) is 10.8 Å². The summed E-state index contributed by atoms with van der Waals surface area (Å²) in [5.74, 6) is 0. The average Bonchev–Trinajstić information content (AvgIpc) is 3.15. The summed E-state index contributed by atoms with van der Waals surface area (Å²) in [5, 5.41) is 2.66. The van der Waals surface area contributed by atoms with E-state index in [9.17, 15) is 0 Å². The fraction of sp³-hybridized carbons (Fsp3) is 0.286. The largest absolute Gasteiger partial charge is 4.00 e. The third-order valence-electron chi connectivity index (χ3n) is 3.62. The van der Waals surface area contributed by atoms with E-state index in [2.05, 4.69) is 68.1 Å². The summed E-state index contributed by atoms with van der Waals surface area (Å²) >= 11 is 0. The molecule has 0 nitrogen and oxygen atoms in total. The molecule has 0 amide bonds. The smallest absolute Gasteiger partial charge is 1.00 e. The van der Waals surface area contributed by atoms with Crippen LogP contribution in [0.2, 0.25) is 0 Å². The van der Waals surface area contributed by atoms with Crippen molar-refractivity contribution in [2.75, 3.05) is 0 Å². The van der Waals surface area contributed by atoms with Gasteiger partial charge in [0, 0.05) is 0 Å². The second-order valence-corrected chi connectivity index (χ2v) is 5.40. The van der Waals surface area contributed by atoms with Crippen LogP contribution >= 0.6 is 0 Å². The van der Waals surface area contributed by atoms with Crippen molar-refractivity contribution in [2.45, 2.75) is 39.0 Å². The Morgan fingerprint density at radius 3 is 2.58 bits per heavy atom. The Hall–Kier alpha value is -0.487. The van der Waals surface area contributed by atoms with Crippen LogP contribution in [0.15, 0.2) is 66.8 Å². The van der Waals surface area contributed by atoms with E-state index in [0.29, 0.717) is 0 Å². The van der Waals surface area contributed by atoms with E-state index in [1.54, 1.807) is 0 Å². The van der Waals surface area contributed by atoms with Crippen molar-refractivity contribution in [1.82, 2.24) is 0 Å². The number of unbranched alkanes of at least 4 members (excludes halogenated alkanes) is 1. The third kappa shape index (κ3) is 8.56. The molecule has 24 heavy (non-hydrogen) atoms. The van der Waals surface area contributed by atoms with Crippen molar-refractivity contribution < 1.29 is 51.0 Å². The van der Waals surface area contributed by atoms with Gasteiger partial charge < -0.3 is 24.8 Å². The predicted molar refractivity (Wildman–Crippen MR) is 93.5 cm³/mol. The summed E-state index contributed by atoms with van der Waals surface area (Å²) in [5.41, 5.74) is 2.77. The summed E-state index contributed by atoms with van der Waals surface area (Å²) < 4.78 is 0. The molecule has 0 atom stereocenters. The van der Waals surface area contributed by atoms with Crippen LogP contribution in [0.4, 0.5) is 0 Å². The van der Waals surface area contributed by atoms with Gasteiger partial charge in [-0.15, -0.1) is 53.6 Å². The van der Waals surface area contributed by atoms with Gasteiger partial charge in [0.25, 0.3) is 0 Å². The van der Waals surface area contributed by atoms with Crippen molar-refractivity contribution in [3.8, 4) is 0 Å². The molecule has 1 aliphatic carbocycles. The first-order valence-corrected chi connectivity index (χ1v) is 7.85. The average molecular weight is 439 g/mol. The molecule has 0 fully saturated rings. The Morgan fingerprint density at radius 2 is 2.00 bits per heavy atom. The molecule has 0 radical (unpaired) electrons. The topological polar surface area (TPSA) is 0 Å². The Bertz CT molecular complexity index is 605. The molecule has 1 aliphatic rings. The number of hydrogen-bond donors (Lipinski definition) is 0. The van der Waals surface area contributed by atoms with Gasteiger partial charge in [-0.2, -0.15) is 12.1 Å². The Balaban J connectivity index is 0. The first kappa shape index (κ1) is 25.7. The van der Waals surface area contributed by atoms with Crippen molar-refractivity contribution in [3.05, 3.63) is 78.4 Å². The maximum Gasteiger partial charge on any atom is 4.00 e. The molecular formula is C21H24Cl2Zr. The molecule has 0 spiro atoms. The quantitative estimate of drug-likeness (QED) is 0.461. The van der Waals surface area contributed by atoms with Gasteiger partial charge in [-0.05, 0) is 6.42 Å². The standard InChI is InChI=1S/C12H11.C9H13.2ClH.Zr/c1-2-5-10-8-11-6-3-4-7-12(11)9-10;1-2-3-6-9-7-4-5-8-9;;;/h2-4,6-9H,1,5H2;4,7H,2-3,5-6H2,1H3;2*1H;/q2*-1;;;+4/p-2. The van der Waals surface area contributed by atoms with Gasteiger partial charge in [-0.3, -0.25) is 6.08 Å². The summed E-state index contributed by atoms with van der Waals surface area (Å²) in [6.07, 6.45) is 15.4. The second kappa shape index (κ2) is 14.8. The van der Waals surface area contributed by atoms with Gasteiger partial charge in [0.15, 0.2) is 0 Å². The second-order valence-electron chi connectivity index (χ2n) is 5.40. The zero-order chi connectivity index (χ0) is 14.9.